The van der Waals surface area contributed by atoms with Crippen LogP contribution in [0.25, 0.3) is 10.9 Å². The number of halogens is 6. The van der Waals surface area contributed by atoms with Gasteiger partial charge in [-0.3, -0.25) is 4.79 Å². The molecule has 2 heterocycles. The largest absolute Gasteiger partial charge is 0.417 e. The van der Waals surface area contributed by atoms with Crippen molar-refractivity contribution in [2.45, 2.75) is 56.4 Å². The summed E-state index contributed by atoms with van der Waals surface area (Å²) >= 11 is 0. The summed E-state index contributed by atoms with van der Waals surface area (Å²) < 4.78 is 78.7. The van der Waals surface area contributed by atoms with Crippen LogP contribution in [0.3, 0.4) is 0 Å². The summed E-state index contributed by atoms with van der Waals surface area (Å²) in [7, 11) is -1.23. The number of nitrogens with one attached hydrogen (secondary N) is 2. The van der Waals surface area contributed by atoms with Crippen molar-refractivity contribution in [2.24, 2.45) is 0 Å². The maximum absolute atomic E-state index is 13.3. The third-order valence-corrected chi connectivity index (χ3v) is 8.57. The summed E-state index contributed by atoms with van der Waals surface area (Å²) in [6.07, 6.45) is -8.30. The third kappa shape index (κ3) is 4.36. The summed E-state index contributed by atoms with van der Waals surface area (Å²) in [5.74, 6) is -0.607. The Balaban J connectivity index is 1.92. The maximum Gasteiger partial charge on any atom is 0.417 e. The highest BCUT2D eigenvalue weighted by Gasteiger charge is 2.39. The van der Waals surface area contributed by atoms with Gasteiger partial charge in [-0.25, -0.2) is 0 Å². The Hall–Kier alpha value is -1.97. The van der Waals surface area contributed by atoms with Gasteiger partial charge in [-0.2, -0.15) is 26.3 Å². The first-order valence-electron chi connectivity index (χ1n) is 8.88. The average Bonchev–Trinajstić information content (AvgIpc) is 2.98. The van der Waals surface area contributed by atoms with Crippen molar-refractivity contribution in [3.05, 3.63) is 35.0 Å². The first-order valence-corrected chi connectivity index (χ1v) is 12.3. The number of carbonyl (C=O) groups excluding carboxylic acids is 1. The molecule has 0 atom stereocenters. The zero-order valence-electron chi connectivity index (χ0n) is 15.3. The molecule has 154 valence electrons. The number of fused-ring (bicyclic) bond motifs is 1. The minimum Gasteiger partial charge on any atom is -0.351 e. The summed E-state index contributed by atoms with van der Waals surface area (Å²) in [5, 5.41) is 2.33. The van der Waals surface area contributed by atoms with Gasteiger partial charge in [0.25, 0.3) is 5.91 Å². The fraction of sp³-hybridized carbons (Fsp3) is 0.500. The maximum atomic E-state index is 13.3. The first kappa shape index (κ1) is 20.8. The van der Waals surface area contributed by atoms with Crippen LogP contribution in [0.2, 0.25) is 25.2 Å². The van der Waals surface area contributed by atoms with Gasteiger partial charge in [-0.05, 0) is 31.0 Å². The van der Waals surface area contributed by atoms with E-state index >= 15 is 0 Å². The van der Waals surface area contributed by atoms with E-state index < -0.39 is 42.8 Å². The molecule has 1 fully saturated rings. The molecule has 1 aliphatic heterocycles. The number of amides is 1. The lowest BCUT2D eigenvalue weighted by atomic mass is 10.0. The Morgan fingerprint density at radius 3 is 2.18 bits per heavy atom. The van der Waals surface area contributed by atoms with E-state index in [-0.39, 0.29) is 23.3 Å². The molecular weight excluding hydrogens is 402 g/mol. The number of benzene rings is 1. The van der Waals surface area contributed by atoms with Crippen molar-refractivity contribution in [3.63, 3.8) is 0 Å². The SMILES string of the molecule is C[Si]1(C)CCC(NC(=O)c2cc3c(C(F)(F)F)cc(C(F)(F)F)cc3[nH]2)CC1. The molecule has 1 aromatic heterocycles. The highest BCUT2D eigenvalue weighted by Crippen LogP contribution is 2.40. The number of alkyl halides is 6. The molecule has 3 nitrogen and oxygen atoms in total. The molecule has 2 N–H and O–H groups in total. The van der Waals surface area contributed by atoms with Gasteiger partial charge in [-0.1, -0.05) is 25.2 Å². The second-order valence-electron chi connectivity index (χ2n) is 8.08. The molecule has 0 aliphatic carbocycles. The molecule has 2 aromatic rings. The zero-order valence-corrected chi connectivity index (χ0v) is 16.3. The monoisotopic (exact) mass is 422 g/mol. The molecule has 1 aliphatic rings. The molecule has 28 heavy (non-hydrogen) atoms. The number of H-pyrrole nitrogens is 1. The van der Waals surface area contributed by atoms with Crippen molar-refractivity contribution in [1.82, 2.24) is 10.3 Å². The Kier molecular flexibility index (Phi) is 5.05. The van der Waals surface area contributed by atoms with Crippen LogP contribution in [0.4, 0.5) is 26.3 Å². The van der Waals surface area contributed by atoms with Crippen molar-refractivity contribution in [3.8, 4) is 0 Å². The van der Waals surface area contributed by atoms with E-state index in [1.165, 1.54) is 0 Å². The Morgan fingerprint density at radius 1 is 1.04 bits per heavy atom. The lowest BCUT2D eigenvalue weighted by Gasteiger charge is -2.33. The minimum atomic E-state index is -4.98. The summed E-state index contributed by atoms with van der Waals surface area (Å²) in [6, 6.07) is 3.64. The lowest BCUT2D eigenvalue weighted by molar-refractivity contribution is -0.142. The number of carbonyl (C=O) groups is 1. The molecule has 0 radical (unpaired) electrons. The molecule has 1 aromatic carbocycles. The molecule has 1 saturated heterocycles. The molecule has 0 saturated carbocycles. The van der Waals surface area contributed by atoms with Crippen LogP contribution in [0, 0.1) is 0 Å². The van der Waals surface area contributed by atoms with Crippen molar-refractivity contribution in [2.75, 3.05) is 0 Å². The predicted molar refractivity (Wildman–Crippen MR) is 95.9 cm³/mol. The van der Waals surface area contributed by atoms with E-state index in [9.17, 15) is 31.1 Å². The van der Waals surface area contributed by atoms with Crippen LogP contribution in [0.5, 0.6) is 0 Å². The highest BCUT2D eigenvalue weighted by molar-refractivity contribution is 6.77. The molecule has 0 spiro atoms. The minimum absolute atomic E-state index is 0.0751. The summed E-state index contributed by atoms with van der Waals surface area (Å²) in [4.78, 5) is 14.9. The number of rotatable bonds is 2. The number of aromatic amines is 1. The quantitative estimate of drug-likeness (QED) is 0.466. The smallest absolute Gasteiger partial charge is 0.351 e. The van der Waals surface area contributed by atoms with Crippen molar-refractivity contribution in [1.29, 1.82) is 0 Å². The van der Waals surface area contributed by atoms with E-state index in [1.807, 2.05) is 0 Å². The predicted octanol–water partition coefficient (Wildman–Crippen LogP) is 5.81. The van der Waals surface area contributed by atoms with Crippen LogP contribution in [0.15, 0.2) is 18.2 Å². The summed E-state index contributed by atoms with van der Waals surface area (Å²) in [5.41, 5.74) is -3.38. The number of hydrogen-bond donors (Lipinski definition) is 2. The first-order chi connectivity index (χ1) is 12.8. The van der Waals surface area contributed by atoms with Crippen LogP contribution in [-0.2, 0) is 12.4 Å². The molecule has 0 unspecified atom stereocenters. The van der Waals surface area contributed by atoms with E-state index in [1.54, 1.807) is 0 Å². The third-order valence-electron chi connectivity index (χ3n) is 5.29. The Morgan fingerprint density at radius 2 is 1.64 bits per heavy atom. The normalized spacial score (nSPS) is 18.4. The van der Waals surface area contributed by atoms with E-state index in [0.29, 0.717) is 6.07 Å². The second-order valence-corrected chi connectivity index (χ2v) is 13.4. The van der Waals surface area contributed by atoms with Crippen LogP contribution in [-0.4, -0.2) is 25.0 Å². The highest BCUT2D eigenvalue weighted by atomic mass is 28.3. The Labute approximate surface area is 158 Å². The van der Waals surface area contributed by atoms with Gasteiger partial charge in [0.1, 0.15) is 5.69 Å². The standard InChI is InChI=1S/C18H20F6N2OSi/c1-28(2)5-3-11(4-6-28)25-16(27)15-9-12-13(18(22,23)24)7-10(17(19,20)21)8-14(12)26-15/h7-9,11,26H,3-6H2,1-2H3,(H,25,27). The second kappa shape index (κ2) is 6.82. The fourth-order valence-corrected chi connectivity index (χ4v) is 6.07. The van der Waals surface area contributed by atoms with Crippen molar-refractivity contribution < 1.29 is 31.1 Å². The number of aromatic nitrogens is 1. The topological polar surface area (TPSA) is 44.9 Å². The molecule has 3 rings (SSSR count). The zero-order chi connectivity index (χ0) is 20.9. The van der Waals surface area contributed by atoms with Gasteiger partial charge in [0.05, 0.1) is 11.1 Å². The average molecular weight is 422 g/mol. The van der Waals surface area contributed by atoms with E-state index in [0.717, 1.165) is 31.0 Å². The molecular formula is C18H20F6N2OSi. The molecule has 1 amide bonds. The van der Waals surface area contributed by atoms with Gasteiger partial charge in [0, 0.05) is 25.0 Å². The van der Waals surface area contributed by atoms with Gasteiger partial charge in [0.15, 0.2) is 0 Å². The number of hydrogen-bond acceptors (Lipinski definition) is 1. The van der Waals surface area contributed by atoms with Gasteiger partial charge >= 0.3 is 12.4 Å². The van der Waals surface area contributed by atoms with Crippen LogP contribution >= 0.6 is 0 Å². The van der Waals surface area contributed by atoms with Crippen LogP contribution < -0.4 is 5.32 Å². The molecule has 10 heteroatoms. The van der Waals surface area contributed by atoms with E-state index in [2.05, 4.69) is 23.4 Å². The lowest BCUT2D eigenvalue weighted by Crippen LogP contribution is -2.42. The van der Waals surface area contributed by atoms with Gasteiger partial charge < -0.3 is 10.3 Å². The van der Waals surface area contributed by atoms with Gasteiger partial charge in [-0.15, -0.1) is 0 Å². The summed E-state index contributed by atoms with van der Waals surface area (Å²) in [6.45, 7) is 4.53. The fourth-order valence-electron chi connectivity index (χ4n) is 3.56. The Bertz CT molecular complexity index is 890. The molecule has 0 bridgehead atoms. The van der Waals surface area contributed by atoms with E-state index in [4.69, 9.17) is 0 Å². The van der Waals surface area contributed by atoms with Gasteiger partial charge in [0.2, 0.25) is 0 Å². The van der Waals surface area contributed by atoms with Crippen molar-refractivity contribution >= 4 is 24.9 Å². The van der Waals surface area contributed by atoms with Crippen LogP contribution in [0.1, 0.15) is 34.5 Å².